The van der Waals surface area contributed by atoms with Crippen LogP contribution in [0.5, 0.6) is 0 Å². The highest BCUT2D eigenvalue weighted by Gasteiger charge is 2.08. The minimum absolute atomic E-state index is 0.113. The van der Waals surface area contributed by atoms with Crippen LogP contribution in [-0.2, 0) is 9.59 Å². The number of rotatable bonds is 6. The molecule has 0 aromatic rings. The van der Waals surface area contributed by atoms with Gasteiger partial charge in [0.1, 0.15) is 6.29 Å². The van der Waals surface area contributed by atoms with E-state index in [9.17, 15) is 9.59 Å². The first-order valence-electron chi connectivity index (χ1n) is 5.08. The monoisotopic (exact) mass is 209 g/mol. The predicted molar refractivity (Wildman–Crippen MR) is 61.3 cm³/mol. The molecule has 0 aromatic carbocycles. The molecule has 0 aromatic heterocycles. The molecule has 0 rings (SSSR count). The molecule has 0 aliphatic carbocycles. The maximum absolute atomic E-state index is 11.2. The van der Waals surface area contributed by atoms with Crippen molar-refractivity contribution in [2.24, 2.45) is 0 Å². The molecule has 0 saturated carbocycles. The highest BCUT2D eigenvalue weighted by molar-refractivity contribution is 5.77. The van der Waals surface area contributed by atoms with Crippen molar-refractivity contribution in [3.63, 3.8) is 0 Å². The average Bonchev–Trinajstić information content (AvgIpc) is 2.21. The van der Waals surface area contributed by atoms with Gasteiger partial charge in [0.05, 0.1) is 6.54 Å². The highest BCUT2D eigenvalue weighted by Crippen LogP contribution is 2.09. The lowest BCUT2D eigenvalue weighted by molar-refractivity contribution is -0.129. The number of amides is 1. The molecule has 0 N–H and O–H groups in total. The largest absolute Gasteiger partial charge is 0.310 e. The van der Waals surface area contributed by atoms with E-state index in [2.05, 4.69) is 6.58 Å². The van der Waals surface area contributed by atoms with Gasteiger partial charge in [0.25, 0.3) is 0 Å². The van der Waals surface area contributed by atoms with Crippen LogP contribution in [-0.4, -0.2) is 23.6 Å². The minimum Gasteiger partial charge on any atom is -0.310 e. The van der Waals surface area contributed by atoms with Crippen LogP contribution in [0.1, 0.15) is 33.6 Å². The fraction of sp³-hybridized carbons (Fsp3) is 0.500. The van der Waals surface area contributed by atoms with Crippen LogP contribution in [0.25, 0.3) is 0 Å². The number of hydrogen-bond acceptors (Lipinski definition) is 2. The minimum atomic E-state index is -0.113. The summed E-state index contributed by atoms with van der Waals surface area (Å²) in [4.78, 5) is 23.0. The zero-order chi connectivity index (χ0) is 11.8. The molecule has 0 bridgehead atoms. The molecule has 0 radical (unpaired) electrons. The van der Waals surface area contributed by atoms with Crippen LogP contribution >= 0.6 is 0 Å². The molecule has 84 valence electrons. The van der Waals surface area contributed by atoms with E-state index in [0.29, 0.717) is 0 Å². The summed E-state index contributed by atoms with van der Waals surface area (Å²) in [5, 5.41) is 0. The lowest BCUT2D eigenvalue weighted by Gasteiger charge is -2.18. The van der Waals surface area contributed by atoms with Crippen molar-refractivity contribution in [3.05, 3.63) is 23.9 Å². The summed E-state index contributed by atoms with van der Waals surface area (Å²) in [6.07, 6.45) is 4.34. The number of allylic oxidation sites excluding steroid dienone is 3. The molecule has 3 nitrogen and oxygen atoms in total. The molecule has 0 spiro atoms. The van der Waals surface area contributed by atoms with Gasteiger partial charge in [0.15, 0.2) is 0 Å². The van der Waals surface area contributed by atoms with Crippen LogP contribution in [0.4, 0.5) is 0 Å². The summed E-state index contributed by atoms with van der Waals surface area (Å²) < 4.78 is 0. The van der Waals surface area contributed by atoms with Crippen LogP contribution < -0.4 is 0 Å². The summed E-state index contributed by atoms with van der Waals surface area (Å²) in [6.45, 7) is 9.32. The number of aldehydes is 1. The molecule has 1 amide bonds. The van der Waals surface area contributed by atoms with Crippen molar-refractivity contribution in [3.8, 4) is 0 Å². The Morgan fingerprint density at radius 3 is 2.40 bits per heavy atom. The fourth-order valence-electron chi connectivity index (χ4n) is 1.14. The second-order valence-corrected chi connectivity index (χ2v) is 3.45. The van der Waals surface area contributed by atoms with Crippen molar-refractivity contribution in [2.75, 3.05) is 6.54 Å². The molecule has 0 heterocycles. The zero-order valence-electron chi connectivity index (χ0n) is 9.75. The normalized spacial score (nSPS) is 11.0. The van der Waals surface area contributed by atoms with E-state index >= 15 is 0 Å². The second kappa shape index (κ2) is 6.98. The Kier molecular flexibility index (Phi) is 6.34. The van der Waals surface area contributed by atoms with Crippen LogP contribution in [0.15, 0.2) is 23.9 Å². The smallest absolute Gasteiger partial charge is 0.223 e. The summed E-state index contributed by atoms with van der Waals surface area (Å²) in [5.74, 6) is -0.113. The van der Waals surface area contributed by atoms with Gasteiger partial charge in [-0.15, -0.1) is 0 Å². The number of hydrogen-bond donors (Lipinski definition) is 0. The topological polar surface area (TPSA) is 37.4 Å². The Labute approximate surface area is 91.5 Å². The van der Waals surface area contributed by atoms with Gasteiger partial charge in [-0.2, -0.15) is 0 Å². The lowest BCUT2D eigenvalue weighted by Crippen LogP contribution is -2.28. The van der Waals surface area contributed by atoms with E-state index in [-0.39, 0.29) is 12.5 Å². The maximum Gasteiger partial charge on any atom is 0.223 e. The van der Waals surface area contributed by atoms with Crippen molar-refractivity contribution in [1.29, 1.82) is 0 Å². The fourth-order valence-corrected chi connectivity index (χ4v) is 1.14. The van der Waals surface area contributed by atoms with Crippen molar-refractivity contribution in [1.82, 2.24) is 4.90 Å². The van der Waals surface area contributed by atoms with Gasteiger partial charge in [-0.3, -0.25) is 4.79 Å². The molecule has 15 heavy (non-hydrogen) atoms. The van der Waals surface area contributed by atoms with Gasteiger partial charge in [-0.25, -0.2) is 0 Å². The standard InChI is InChI=1S/C12H19NO2/c1-5-10(2)6-7-11(3)13(8-9-14)12(4)15/h7,9H,2,5-6,8H2,1,3-4H3/b11-7+. The van der Waals surface area contributed by atoms with E-state index in [1.54, 1.807) is 0 Å². The van der Waals surface area contributed by atoms with E-state index < -0.39 is 0 Å². The Hall–Kier alpha value is -1.38. The molecule has 0 unspecified atom stereocenters. The summed E-state index contributed by atoms with van der Waals surface area (Å²) in [5.41, 5.74) is 1.92. The quantitative estimate of drug-likeness (QED) is 0.497. The number of carbonyl (C=O) groups is 2. The Morgan fingerprint density at radius 2 is 2.00 bits per heavy atom. The second-order valence-electron chi connectivity index (χ2n) is 3.45. The van der Waals surface area contributed by atoms with Gasteiger partial charge < -0.3 is 9.69 Å². The summed E-state index contributed by atoms with van der Waals surface area (Å²) in [6, 6.07) is 0. The van der Waals surface area contributed by atoms with Crippen LogP contribution in [0, 0.1) is 0 Å². The first-order valence-corrected chi connectivity index (χ1v) is 5.08. The van der Waals surface area contributed by atoms with E-state index in [1.165, 1.54) is 11.8 Å². The first-order chi connectivity index (χ1) is 7.02. The molecule has 0 saturated heterocycles. The van der Waals surface area contributed by atoms with Gasteiger partial charge in [-0.05, 0) is 19.8 Å². The van der Waals surface area contributed by atoms with Crippen molar-refractivity contribution >= 4 is 12.2 Å². The molecule has 3 heteroatoms. The van der Waals surface area contributed by atoms with Crippen molar-refractivity contribution in [2.45, 2.75) is 33.6 Å². The summed E-state index contributed by atoms with van der Waals surface area (Å²) in [7, 11) is 0. The Morgan fingerprint density at radius 1 is 1.40 bits per heavy atom. The third kappa shape index (κ3) is 5.15. The molecule has 0 fully saturated rings. The Bertz CT molecular complexity index is 279. The van der Waals surface area contributed by atoms with Gasteiger partial charge in [0.2, 0.25) is 5.91 Å². The predicted octanol–water partition coefficient (Wildman–Crippen LogP) is 2.29. The van der Waals surface area contributed by atoms with Crippen LogP contribution in [0.3, 0.4) is 0 Å². The van der Waals surface area contributed by atoms with Crippen molar-refractivity contribution < 1.29 is 9.59 Å². The number of nitrogens with zero attached hydrogens (tertiary/aromatic N) is 1. The van der Waals surface area contributed by atoms with Gasteiger partial charge in [-0.1, -0.05) is 25.2 Å². The van der Waals surface area contributed by atoms with Gasteiger partial charge in [0, 0.05) is 12.6 Å². The number of carbonyl (C=O) groups excluding carboxylic acids is 2. The third-order valence-electron chi connectivity index (χ3n) is 2.25. The SMILES string of the molecule is C=C(CC)C/C=C(\C)N(CC=O)C(C)=O. The lowest BCUT2D eigenvalue weighted by atomic mass is 10.1. The van der Waals surface area contributed by atoms with E-state index in [4.69, 9.17) is 0 Å². The van der Waals surface area contributed by atoms with Crippen LogP contribution in [0.2, 0.25) is 0 Å². The summed E-state index contributed by atoms with van der Waals surface area (Å²) >= 11 is 0. The molecule has 0 atom stereocenters. The zero-order valence-corrected chi connectivity index (χ0v) is 9.75. The molecular weight excluding hydrogens is 190 g/mol. The maximum atomic E-state index is 11.2. The van der Waals surface area contributed by atoms with E-state index in [1.807, 2.05) is 19.9 Å². The molecular formula is C12H19NO2. The van der Waals surface area contributed by atoms with E-state index in [0.717, 1.165) is 30.4 Å². The molecule has 0 aliphatic rings. The van der Waals surface area contributed by atoms with Gasteiger partial charge >= 0.3 is 0 Å². The average molecular weight is 209 g/mol. The third-order valence-corrected chi connectivity index (χ3v) is 2.25. The highest BCUT2D eigenvalue weighted by atomic mass is 16.2. The Balaban J connectivity index is 4.47. The molecule has 0 aliphatic heterocycles. The first kappa shape index (κ1) is 13.6.